The molecule has 6 heteroatoms. The molecule has 98 valence electrons. The van der Waals surface area contributed by atoms with Crippen LogP contribution in [0, 0.1) is 6.92 Å². The van der Waals surface area contributed by atoms with Gasteiger partial charge in [-0.2, -0.15) is 0 Å². The number of hydrogen-bond acceptors (Lipinski definition) is 2. The molecule has 0 saturated heterocycles. The second-order valence-electron chi connectivity index (χ2n) is 4.01. The number of anilines is 1. The fourth-order valence-electron chi connectivity index (χ4n) is 1.27. The molecule has 1 rings (SSSR count). The fraction of sp³-hybridized carbons (Fsp3) is 0.333. The molecule has 18 heavy (non-hydrogen) atoms. The molecule has 0 aliphatic carbocycles. The van der Waals surface area contributed by atoms with Crippen LogP contribution in [0.25, 0.3) is 0 Å². The summed E-state index contributed by atoms with van der Waals surface area (Å²) >= 11 is 5.83. The summed E-state index contributed by atoms with van der Waals surface area (Å²) < 4.78 is 0. The highest BCUT2D eigenvalue weighted by molar-refractivity contribution is 6.31. The molecular formula is C12H15ClN2O3. The van der Waals surface area contributed by atoms with E-state index >= 15 is 0 Å². The summed E-state index contributed by atoms with van der Waals surface area (Å²) in [5.41, 5.74) is 1.42. The van der Waals surface area contributed by atoms with Crippen LogP contribution < -0.4 is 5.32 Å². The number of carbonyl (C=O) groups excluding carboxylic acids is 1. The van der Waals surface area contributed by atoms with Gasteiger partial charge in [0.15, 0.2) is 0 Å². The average Bonchev–Trinajstić information content (AvgIpc) is 2.31. The molecule has 2 amide bonds. The van der Waals surface area contributed by atoms with E-state index < -0.39 is 18.0 Å². The van der Waals surface area contributed by atoms with Gasteiger partial charge in [0.05, 0.1) is 0 Å². The van der Waals surface area contributed by atoms with Gasteiger partial charge in [-0.3, -0.25) is 0 Å². The monoisotopic (exact) mass is 270 g/mol. The minimum atomic E-state index is -1.06. The molecule has 0 bridgehead atoms. The number of likely N-dealkylation sites (N-methyl/N-ethyl adjacent to an activating group) is 1. The lowest BCUT2D eigenvalue weighted by molar-refractivity contribution is -0.141. The quantitative estimate of drug-likeness (QED) is 0.887. The van der Waals surface area contributed by atoms with Gasteiger partial charge in [-0.1, -0.05) is 17.7 Å². The Kier molecular flexibility index (Phi) is 4.55. The van der Waals surface area contributed by atoms with Crippen LogP contribution in [0.3, 0.4) is 0 Å². The van der Waals surface area contributed by atoms with Gasteiger partial charge in [-0.25, -0.2) is 9.59 Å². The van der Waals surface area contributed by atoms with Crippen LogP contribution >= 0.6 is 11.6 Å². The summed E-state index contributed by atoms with van der Waals surface area (Å²) in [5, 5.41) is 12.0. The number of amides is 2. The lowest BCUT2D eigenvalue weighted by Gasteiger charge is -2.22. The summed E-state index contributed by atoms with van der Waals surface area (Å²) in [4.78, 5) is 23.7. The van der Waals surface area contributed by atoms with Crippen LogP contribution in [-0.2, 0) is 4.79 Å². The molecule has 0 aliphatic rings. The molecule has 0 fully saturated rings. The first-order valence-corrected chi connectivity index (χ1v) is 5.73. The van der Waals surface area contributed by atoms with Crippen LogP contribution in [-0.4, -0.2) is 35.1 Å². The number of benzene rings is 1. The Hall–Kier alpha value is -1.75. The number of carboxylic acid groups (broad SMARTS) is 1. The van der Waals surface area contributed by atoms with Crippen molar-refractivity contribution in [3.8, 4) is 0 Å². The van der Waals surface area contributed by atoms with Gasteiger partial charge in [0.1, 0.15) is 6.04 Å². The van der Waals surface area contributed by atoms with Crippen LogP contribution in [0.1, 0.15) is 12.5 Å². The molecular weight excluding hydrogens is 256 g/mol. The SMILES string of the molecule is Cc1ccc(Cl)cc1NC(=O)N(C)C(C)C(=O)O. The second kappa shape index (κ2) is 5.73. The molecule has 0 aliphatic heterocycles. The average molecular weight is 271 g/mol. The van der Waals surface area contributed by atoms with Crippen LogP contribution in [0.5, 0.6) is 0 Å². The van der Waals surface area contributed by atoms with E-state index in [1.54, 1.807) is 18.2 Å². The fourth-order valence-corrected chi connectivity index (χ4v) is 1.45. The van der Waals surface area contributed by atoms with E-state index in [0.29, 0.717) is 10.7 Å². The molecule has 0 aromatic heterocycles. The molecule has 0 spiro atoms. The molecule has 0 heterocycles. The van der Waals surface area contributed by atoms with E-state index in [0.717, 1.165) is 10.5 Å². The van der Waals surface area contributed by atoms with Gasteiger partial charge in [0.25, 0.3) is 0 Å². The largest absolute Gasteiger partial charge is 0.480 e. The Balaban J connectivity index is 2.81. The van der Waals surface area contributed by atoms with E-state index in [-0.39, 0.29) is 0 Å². The topological polar surface area (TPSA) is 69.6 Å². The Labute approximate surface area is 110 Å². The number of urea groups is 1. The van der Waals surface area contributed by atoms with Crippen molar-refractivity contribution < 1.29 is 14.7 Å². The van der Waals surface area contributed by atoms with Gasteiger partial charge in [0.2, 0.25) is 0 Å². The zero-order valence-electron chi connectivity index (χ0n) is 10.4. The molecule has 1 aromatic rings. The number of aryl methyl sites for hydroxylation is 1. The summed E-state index contributed by atoms with van der Waals surface area (Å²) in [6.07, 6.45) is 0. The number of nitrogens with zero attached hydrogens (tertiary/aromatic N) is 1. The first kappa shape index (κ1) is 14.3. The van der Waals surface area contributed by atoms with Crippen molar-refractivity contribution in [3.05, 3.63) is 28.8 Å². The predicted octanol–water partition coefficient (Wildman–Crippen LogP) is 2.59. The summed E-state index contributed by atoms with van der Waals surface area (Å²) in [7, 11) is 1.42. The zero-order valence-corrected chi connectivity index (χ0v) is 11.2. The maximum absolute atomic E-state index is 11.8. The van der Waals surface area contributed by atoms with Crippen molar-refractivity contribution in [1.29, 1.82) is 0 Å². The zero-order chi connectivity index (χ0) is 13.9. The van der Waals surface area contributed by atoms with Gasteiger partial charge in [-0.05, 0) is 31.5 Å². The Morgan fingerprint density at radius 3 is 2.61 bits per heavy atom. The van der Waals surface area contributed by atoms with Crippen LogP contribution in [0.2, 0.25) is 5.02 Å². The minimum Gasteiger partial charge on any atom is -0.480 e. The third kappa shape index (κ3) is 3.37. The highest BCUT2D eigenvalue weighted by atomic mass is 35.5. The molecule has 0 radical (unpaired) electrons. The van der Waals surface area contributed by atoms with E-state index in [4.69, 9.17) is 16.7 Å². The number of carbonyl (C=O) groups is 2. The smallest absolute Gasteiger partial charge is 0.326 e. The van der Waals surface area contributed by atoms with Gasteiger partial charge < -0.3 is 15.3 Å². The minimum absolute atomic E-state index is 0.490. The molecule has 2 N–H and O–H groups in total. The van der Waals surface area contributed by atoms with E-state index in [1.165, 1.54) is 14.0 Å². The summed E-state index contributed by atoms with van der Waals surface area (Å²) in [5.74, 6) is -1.06. The van der Waals surface area contributed by atoms with Gasteiger partial charge >= 0.3 is 12.0 Å². The van der Waals surface area contributed by atoms with E-state index in [9.17, 15) is 9.59 Å². The van der Waals surface area contributed by atoms with Crippen molar-refractivity contribution in [3.63, 3.8) is 0 Å². The summed E-state index contributed by atoms with van der Waals surface area (Å²) in [6.45, 7) is 3.26. The molecule has 1 aromatic carbocycles. The third-order valence-electron chi connectivity index (χ3n) is 2.70. The standard InChI is InChI=1S/C12H15ClN2O3/c1-7-4-5-9(13)6-10(7)14-12(18)15(3)8(2)11(16)17/h4-6,8H,1-3H3,(H,14,18)(H,16,17). The highest BCUT2D eigenvalue weighted by Crippen LogP contribution is 2.20. The first-order chi connectivity index (χ1) is 8.32. The Bertz CT molecular complexity index is 476. The van der Waals surface area contributed by atoms with Crippen molar-refractivity contribution in [1.82, 2.24) is 4.90 Å². The van der Waals surface area contributed by atoms with Crippen molar-refractivity contribution >= 4 is 29.3 Å². The molecule has 1 atom stereocenters. The number of nitrogens with one attached hydrogen (secondary N) is 1. The summed E-state index contributed by atoms with van der Waals surface area (Å²) in [6, 6.07) is 3.72. The first-order valence-electron chi connectivity index (χ1n) is 5.35. The van der Waals surface area contributed by atoms with Crippen molar-refractivity contribution in [2.45, 2.75) is 19.9 Å². The lowest BCUT2D eigenvalue weighted by atomic mass is 10.2. The maximum Gasteiger partial charge on any atom is 0.326 e. The molecule has 1 unspecified atom stereocenters. The number of hydrogen-bond donors (Lipinski definition) is 2. The third-order valence-corrected chi connectivity index (χ3v) is 2.93. The van der Waals surface area contributed by atoms with E-state index in [1.807, 2.05) is 6.92 Å². The second-order valence-corrected chi connectivity index (χ2v) is 4.45. The molecule has 5 nitrogen and oxygen atoms in total. The van der Waals surface area contributed by atoms with Crippen molar-refractivity contribution in [2.24, 2.45) is 0 Å². The number of halogens is 1. The normalized spacial score (nSPS) is 11.8. The molecule has 0 saturated carbocycles. The van der Waals surface area contributed by atoms with Gasteiger partial charge in [-0.15, -0.1) is 0 Å². The van der Waals surface area contributed by atoms with Crippen LogP contribution in [0.15, 0.2) is 18.2 Å². The number of aliphatic carboxylic acids is 1. The maximum atomic E-state index is 11.8. The number of carboxylic acids is 1. The van der Waals surface area contributed by atoms with Crippen molar-refractivity contribution in [2.75, 3.05) is 12.4 Å². The predicted molar refractivity (Wildman–Crippen MR) is 70.1 cm³/mol. The van der Waals surface area contributed by atoms with Gasteiger partial charge in [0, 0.05) is 17.8 Å². The highest BCUT2D eigenvalue weighted by Gasteiger charge is 2.21. The van der Waals surface area contributed by atoms with E-state index in [2.05, 4.69) is 5.32 Å². The number of rotatable bonds is 3. The Morgan fingerprint density at radius 2 is 2.06 bits per heavy atom. The van der Waals surface area contributed by atoms with Crippen LogP contribution in [0.4, 0.5) is 10.5 Å². The Morgan fingerprint density at radius 1 is 1.44 bits per heavy atom. The lowest BCUT2D eigenvalue weighted by Crippen LogP contribution is -2.42.